The fourth-order valence-corrected chi connectivity index (χ4v) is 4.08. The molecular weight excluding hydrogens is 546 g/mol. The first-order chi connectivity index (χ1) is 20.3. The zero-order valence-electron chi connectivity index (χ0n) is 22.5. The summed E-state index contributed by atoms with van der Waals surface area (Å²) in [6.07, 6.45) is -3.88. The second kappa shape index (κ2) is 14.7. The first-order valence-corrected chi connectivity index (χ1v) is 13.1. The van der Waals surface area contributed by atoms with Crippen LogP contribution in [0.5, 0.6) is 11.5 Å². The van der Waals surface area contributed by atoms with E-state index in [9.17, 15) is 18.4 Å². The number of halogens is 2. The molecule has 42 heavy (non-hydrogen) atoms. The summed E-state index contributed by atoms with van der Waals surface area (Å²) in [4.78, 5) is 25.0. The SMILES string of the molecule is NC(CC(Oc1ccc(F)cc1)c1ccccc1)OC(=O)C(=O)OC(N)CC(Oc1ccc(F)cc1)c1ccccc1. The van der Waals surface area contributed by atoms with Crippen LogP contribution in [0.25, 0.3) is 0 Å². The first kappa shape index (κ1) is 30.2. The number of esters is 2. The van der Waals surface area contributed by atoms with Crippen molar-refractivity contribution in [1.29, 1.82) is 0 Å². The highest BCUT2D eigenvalue weighted by atomic mass is 19.1. The smallest absolute Gasteiger partial charge is 0.419 e. The maximum atomic E-state index is 13.3. The standard InChI is InChI=1S/C32H30F2N2O6/c33-23-11-15-25(16-12-23)39-27(21-7-3-1-4-8-21)19-29(35)41-31(37)32(38)42-30(36)20-28(22-9-5-2-6-10-22)40-26-17-13-24(34)14-18-26/h1-18,27-30H,19-20,35-36H2. The molecule has 0 radical (unpaired) electrons. The fourth-order valence-electron chi connectivity index (χ4n) is 4.08. The zero-order valence-corrected chi connectivity index (χ0v) is 22.5. The van der Waals surface area contributed by atoms with Gasteiger partial charge >= 0.3 is 11.9 Å². The van der Waals surface area contributed by atoms with Gasteiger partial charge in [-0.15, -0.1) is 0 Å². The van der Waals surface area contributed by atoms with Crippen LogP contribution in [-0.4, -0.2) is 24.4 Å². The van der Waals surface area contributed by atoms with Crippen LogP contribution in [0.2, 0.25) is 0 Å². The molecule has 0 aliphatic carbocycles. The maximum Gasteiger partial charge on any atom is 0.419 e. The van der Waals surface area contributed by atoms with Crippen LogP contribution in [-0.2, 0) is 19.1 Å². The van der Waals surface area contributed by atoms with Gasteiger partial charge in [0.25, 0.3) is 0 Å². The van der Waals surface area contributed by atoms with Crippen LogP contribution >= 0.6 is 0 Å². The lowest BCUT2D eigenvalue weighted by atomic mass is 10.1. The summed E-state index contributed by atoms with van der Waals surface area (Å²) in [6, 6.07) is 28.9. The van der Waals surface area contributed by atoms with Crippen molar-refractivity contribution in [3.05, 3.63) is 132 Å². The molecule has 4 rings (SSSR count). The Balaban J connectivity index is 1.35. The third-order valence-corrected chi connectivity index (χ3v) is 6.10. The topological polar surface area (TPSA) is 123 Å². The molecule has 0 saturated carbocycles. The van der Waals surface area contributed by atoms with Gasteiger partial charge in [-0.1, -0.05) is 60.7 Å². The largest absolute Gasteiger partial charge is 0.486 e. The average molecular weight is 577 g/mol. The van der Waals surface area contributed by atoms with E-state index in [1.807, 2.05) is 12.1 Å². The van der Waals surface area contributed by atoms with Crippen molar-refractivity contribution in [3.8, 4) is 11.5 Å². The predicted octanol–water partition coefficient (Wildman–Crippen LogP) is 5.34. The molecule has 0 amide bonds. The van der Waals surface area contributed by atoms with Gasteiger partial charge in [-0.3, -0.25) is 11.5 Å². The summed E-state index contributed by atoms with van der Waals surface area (Å²) in [7, 11) is 0. The van der Waals surface area contributed by atoms with Crippen molar-refractivity contribution in [2.24, 2.45) is 11.5 Å². The lowest BCUT2D eigenvalue weighted by Crippen LogP contribution is -2.37. The van der Waals surface area contributed by atoms with E-state index in [2.05, 4.69) is 0 Å². The molecule has 4 atom stereocenters. The first-order valence-electron chi connectivity index (χ1n) is 13.1. The van der Waals surface area contributed by atoms with Gasteiger partial charge in [-0.05, 0) is 59.7 Å². The highest BCUT2D eigenvalue weighted by molar-refractivity contribution is 6.29. The molecule has 0 fully saturated rings. The van der Waals surface area contributed by atoms with E-state index in [0.29, 0.717) is 11.5 Å². The third kappa shape index (κ3) is 9.12. The Morgan fingerprint density at radius 3 is 1.21 bits per heavy atom. The Morgan fingerprint density at radius 1 is 0.548 bits per heavy atom. The van der Waals surface area contributed by atoms with Crippen molar-refractivity contribution in [2.45, 2.75) is 37.5 Å². The number of nitrogens with two attached hydrogens (primary N) is 2. The highest BCUT2D eigenvalue weighted by Crippen LogP contribution is 2.28. The highest BCUT2D eigenvalue weighted by Gasteiger charge is 2.28. The van der Waals surface area contributed by atoms with E-state index < -0.39 is 48.2 Å². The average Bonchev–Trinajstić information content (AvgIpc) is 2.99. The van der Waals surface area contributed by atoms with E-state index in [1.165, 1.54) is 48.5 Å². The third-order valence-electron chi connectivity index (χ3n) is 6.10. The van der Waals surface area contributed by atoms with Crippen LogP contribution in [0.3, 0.4) is 0 Å². The van der Waals surface area contributed by atoms with Crippen molar-refractivity contribution >= 4 is 11.9 Å². The van der Waals surface area contributed by atoms with E-state index >= 15 is 0 Å². The van der Waals surface area contributed by atoms with Crippen molar-refractivity contribution < 1.29 is 37.3 Å². The molecule has 0 spiro atoms. The Labute approximate surface area is 241 Å². The molecule has 0 aliphatic rings. The molecule has 8 nitrogen and oxygen atoms in total. The van der Waals surface area contributed by atoms with Crippen LogP contribution in [0.4, 0.5) is 8.78 Å². The number of ether oxygens (including phenoxy) is 4. The second-order valence-corrected chi connectivity index (χ2v) is 9.30. The zero-order chi connectivity index (χ0) is 29.9. The van der Waals surface area contributed by atoms with Gasteiger partial charge in [0.05, 0.1) is 0 Å². The van der Waals surface area contributed by atoms with Gasteiger partial charge < -0.3 is 18.9 Å². The number of rotatable bonds is 12. The molecular formula is C32H30F2N2O6. The second-order valence-electron chi connectivity index (χ2n) is 9.30. The molecule has 4 unspecified atom stereocenters. The number of hydrogen-bond donors (Lipinski definition) is 2. The van der Waals surface area contributed by atoms with Crippen LogP contribution < -0.4 is 20.9 Å². The normalized spacial score (nSPS) is 13.7. The van der Waals surface area contributed by atoms with Crippen LogP contribution in [0.15, 0.2) is 109 Å². The molecule has 0 saturated heterocycles. The number of hydrogen-bond acceptors (Lipinski definition) is 8. The van der Waals surface area contributed by atoms with Crippen molar-refractivity contribution in [3.63, 3.8) is 0 Å². The minimum Gasteiger partial charge on any atom is -0.486 e. The summed E-state index contributed by atoms with van der Waals surface area (Å²) in [5.41, 5.74) is 13.5. The molecule has 4 aromatic carbocycles. The maximum absolute atomic E-state index is 13.3. The Bertz CT molecular complexity index is 1310. The Kier molecular flexibility index (Phi) is 10.6. The van der Waals surface area contributed by atoms with Gasteiger partial charge in [0.15, 0.2) is 12.5 Å². The molecule has 0 heterocycles. The van der Waals surface area contributed by atoms with E-state index in [4.69, 9.17) is 30.4 Å². The molecule has 10 heteroatoms. The molecule has 0 bridgehead atoms. The van der Waals surface area contributed by atoms with E-state index in [-0.39, 0.29) is 12.8 Å². The summed E-state index contributed by atoms with van der Waals surface area (Å²) >= 11 is 0. The quantitative estimate of drug-likeness (QED) is 0.132. The fraction of sp³-hybridized carbons (Fsp3) is 0.188. The predicted molar refractivity (Wildman–Crippen MR) is 150 cm³/mol. The van der Waals surface area contributed by atoms with Crippen molar-refractivity contribution in [2.75, 3.05) is 0 Å². The van der Waals surface area contributed by atoms with Crippen LogP contribution in [0.1, 0.15) is 36.2 Å². The molecule has 218 valence electrons. The number of carbonyl (C=O) groups excluding carboxylic acids is 2. The minimum atomic E-state index is -1.33. The summed E-state index contributed by atoms with van der Waals surface area (Å²) in [5.74, 6) is -2.74. The van der Waals surface area contributed by atoms with Gasteiger partial charge in [0.1, 0.15) is 35.3 Å². The van der Waals surface area contributed by atoms with Gasteiger partial charge in [0.2, 0.25) is 0 Å². The lowest BCUT2D eigenvalue weighted by molar-refractivity contribution is -0.175. The molecule has 4 aromatic rings. The number of benzene rings is 4. The summed E-state index contributed by atoms with van der Waals surface area (Å²) < 4.78 is 48.8. The number of carbonyl (C=O) groups is 2. The Morgan fingerprint density at radius 2 is 0.881 bits per heavy atom. The van der Waals surface area contributed by atoms with E-state index in [0.717, 1.165) is 11.1 Å². The van der Waals surface area contributed by atoms with E-state index in [1.54, 1.807) is 48.5 Å². The Hall–Kier alpha value is -4.80. The van der Waals surface area contributed by atoms with Gasteiger partial charge in [-0.25, -0.2) is 18.4 Å². The lowest BCUT2D eigenvalue weighted by Gasteiger charge is -2.24. The van der Waals surface area contributed by atoms with Gasteiger partial charge in [0, 0.05) is 12.8 Å². The minimum absolute atomic E-state index is 0.0198. The summed E-state index contributed by atoms with van der Waals surface area (Å²) in [6.45, 7) is 0. The van der Waals surface area contributed by atoms with Crippen molar-refractivity contribution in [1.82, 2.24) is 0 Å². The van der Waals surface area contributed by atoms with Crippen LogP contribution in [0, 0.1) is 11.6 Å². The monoisotopic (exact) mass is 576 g/mol. The van der Waals surface area contributed by atoms with Gasteiger partial charge in [-0.2, -0.15) is 0 Å². The summed E-state index contributed by atoms with van der Waals surface area (Å²) in [5, 5.41) is 0. The molecule has 0 aromatic heterocycles. The molecule has 0 aliphatic heterocycles. The molecule has 4 N–H and O–H groups in total.